The first-order valence-corrected chi connectivity index (χ1v) is 3.91. The smallest absolute Gasteiger partial charge is 0.323 e. The van der Waals surface area contributed by atoms with Gasteiger partial charge in [-0.2, -0.15) is 0 Å². The molecule has 0 radical (unpaired) electrons. The lowest BCUT2D eigenvalue weighted by Crippen LogP contribution is -2.42. The molecule has 5 heteroatoms. The molecule has 12 heavy (non-hydrogen) atoms. The van der Waals surface area contributed by atoms with Gasteiger partial charge in [-0.05, 0) is 6.54 Å². The van der Waals surface area contributed by atoms with Crippen LogP contribution < -0.4 is 0 Å². The fraction of sp³-hybridized carbons (Fsp3) is 0.857. The number of nitrogens with zero attached hydrogens (tertiary/aromatic N) is 1. The first-order chi connectivity index (χ1) is 5.57. The molecule has 0 amide bonds. The van der Waals surface area contributed by atoms with Gasteiger partial charge in [-0.1, -0.05) is 6.92 Å². The van der Waals surface area contributed by atoms with Gasteiger partial charge in [-0.3, -0.25) is 9.69 Å². The molecule has 3 N–H and O–H groups in total. The number of aliphatic hydroxyl groups is 2. The highest BCUT2D eigenvalue weighted by Crippen LogP contribution is 2.17. The minimum Gasteiger partial charge on any atom is -0.480 e. The molecule has 1 aliphatic rings. The van der Waals surface area contributed by atoms with Crippen LogP contribution in [0.2, 0.25) is 0 Å². The van der Waals surface area contributed by atoms with Gasteiger partial charge in [0, 0.05) is 6.54 Å². The van der Waals surface area contributed by atoms with Gasteiger partial charge in [0.1, 0.15) is 12.1 Å². The van der Waals surface area contributed by atoms with E-state index in [1.165, 1.54) is 4.90 Å². The maximum atomic E-state index is 10.6. The highest BCUT2D eigenvalue weighted by molar-refractivity contribution is 5.75. The number of aliphatic carboxylic acids is 1. The van der Waals surface area contributed by atoms with E-state index in [9.17, 15) is 9.90 Å². The van der Waals surface area contributed by atoms with Crippen LogP contribution in [0.25, 0.3) is 0 Å². The number of likely N-dealkylation sites (tertiary alicyclic amines) is 1. The third-order valence-corrected chi connectivity index (χ3v) is 2.19. The molecular formula is C7H13NO4. The second-order valence-electron chi connectivity index (χ2n) is 2.93. The van der Waals surface area contributed by atoms with Crippen molar-refractivity contribution in [2.75, 3.05) is 13.1 Å². The van der Waals surface area contributed by atoms with E-state index >= 15 is 0 Å². The molecule has 0 spiro atoms. The Bertz CT molecular complexity index is 184. The molecule has 1 heterocycles. The van der Waals surface area contributed by atoms with E-state index in [-0.39, 0.29) is 6.54 Å². The number of carbonyl (C=O) groups is 1. The zero-order valence-electron chi connectivity index (χ0n) is 6.84. The Morgan fingerprint density at radius 2 is 2.17 bits per heavy atom. The van der Waals surface area contributed by atoms with Gasteiger partial charge in [0.25, 0.3) is 0 Å². The average Bonchev–Trinajstić information content (AvgIpc) is 2.28. The predicted molar refractivity (Wildman–Crippen MR) is 40.7 cm³/mol. The van der Waals surface area contributed by atoms with Gasteiger partial charge in [0.15, 0.2) is 0 Å². The Kier molecular flexibility index (Phi) is 2.66. The topological polar surface area (TPSA) is 81.0 Å². The van der Waals surface area contributed by atoms with E-state index in [2.05, 4.69) is 0 Å². The Morgan fingerprint density at radius 1 is 1.58 bits per heavy atom. The van der Waals surface area contributed by atoms with Crippen LogP contribution in [-0.2, 0) is 4.79 Å². The van der Waals surface area contributed by atoms with Gasteiger partial charge in [-0.25, -0.2) is 0 Å². The van der Waals surface area contributed by atoms with Crippen molar-refractivity contribution in [2.45, 2.75) is 25.2 Å². The number of hydrogen-bond donors (Lipinski definition) is 3. The Morgan fingerprint density at radius 3 is 2.50 bits per heavy atom. The van der Waals surface area contributed by atoms with Crippen LogP contribution in [-0.4, -0.2) is 57.5 Å². The van der Waals surface area contributed by atoms with Crippen molar-refractivity contribution in [2.24, 2.45) is 0 Å². The quantitative estimate of drug-likeness (QED) is 0.475. The summed E-state index contributed by atoms with van der Waals surface area (Å²) < 4.78 is 0. The summed E-state index contributed by atoms with van der Waals surface area (Å²) in [5, 5.41) is 27.1. The van der Waals surface area contributed by atoms with E-state index in [1.54, 1.807) is 6.92 Å². The van der Waals surface area contributed by atoms with Crippen molar-refractivity contribution >= 4 is 5.97 Å². The summed E-state index contributed by atoms with van der Waals surface area (Å²) in [7, 11) is 0. The maximum Gasteiger partial charge on any atom is 0.323 e. The zero-order chi connectivity index (χ0) is 9.30. The van der Waals surface area contributed by atoms with Crippen molar-refractivity contribution in [1.29, 1.82) is 0 Å². The summed E-state index contributed by atoms with van der Waals surface area (Å²) in [4.78, 5) is 12.2. The number of rotatable bonds is 2. The van der Waals surface area contributed by atoms with E-state index in [0.29, 0.717) is 6.54 Å². The van der Waals surface area contributed by atoms with Crippen LogP contribution in [0.5, 0.6) is 0 Å². The third-order valence-electron chi connectivity index (χ3n) is 2.19. The highest BCUT2D eigenvalue weighted by Gasteiger charge is 2.43. The number of likely N-dealkylation sites (N-methyl/N-ethyl adjacent to an activating group) is 1. The molecular weight excluding hydrogens is 162 g/mol. The van der Waals surface area contributed by atoms with E-state index in [0.717, 1.165) is 0 Å². The van der Waals surface area contributed by atoms with Crippen molar-refractivity contribution in [1.82, 2.24) is 4.90 Å². The molecule has 3 atom stereocenters. The van der Waals surface area contributed by atoms with Crippen LogP contribution in [0.15, 0.2) is 0 Å². The molecule has 0 aromatic heterocycles. The summed E-state index contributed by atoms with van der Waals surface area (Å²) in [6, 6.07) is -0.954. The molecule has 0 aliphatic carbocycles. The second-order valence-corrected chi connectivity index (χ2v) is 2.93. The lowest BCUT2D eigenvalue weighted by molar-refractivity contribution is -0.145. The van der Waals surface area contributed by atoms with Crippen LogP contribution in [0.4, 0.5) is 0 Å². The monoisotopic (exact) mass is 175 g/mol. The van der Waals surface area contributed by atoms with Crippen LogP contribution in [0.1, 0.15) is 6.92 Å². The van der Waals surface area contributed by atoms with E-state index in [1.807, 2.05) is 0 Å². The van der Waals surface area contributed by atoms with Crippen LogP contribution in [0, 0.1) is 0 Å². The molecule has 0 aromatic carbocycles. The van der Waals surface area contributed by atoms with Crippen molar-refractivity contribution in [3.63, 3.8) is 0 Å². The molecule has 0 aromatic rings. The average molecular weight is 175 g/mol. The van der Waals surface area contributed by atoms with E-state index < -0.39 is 24.2 Å². The van der Waals surface area contributed by atoms with Crippen molar-refractivity contribution < 1.29 is 20.1 Å². The first-order valence-electron chi connectivity index (χ1n) is 3.91. The fourth-order valence-electron chi connectivity index (χ4n) is 1.52. The lowest BCUT2D eigenvalue weighted by Gasteiger charge is -2.19. The van der Waals surface area contributed by atoms with Crippen molar-refractivity contribution in [3.05, 3.63) is 0 Å². The summed E-state index contributed by atoms with van der Waals surface area (Å²) in [5.74, 6) is -1.08. The Balaban J connectivity index is 2.73. The molecule has 3 unspecified atom stereocenters. The van der Waals surface area contributed by atoms with Gasteiger partial charge in [0.2, 0.25) is 0 Å². The largest absolute Gasteiger partial charge is 0.480 e. The summed E-state index contributed by atoms with van der Waals surface area (Å²) >= 11 is 0. The van der Waals surface area contributed by atoms with Gasteiger partial charge < -0.3 is 15.3 Å². The lowest BCUT2D eigenvalue weighted by atomic mass is 10.1. The molecule has 5 nitrogen and oxygen atoms in total. The van der Waals surface area contributed by atoms with Gasteiger partial charge in [-0.15, -0.1) is 0 Å². The number of carboxylic acids is 1. The summed E-state index contributed by atoms with van der Waals surface area (Å²) in [5.41, 5.74) is 0. The van der Waals surface area contributed by atoms with Crippen molar-refractivity contribution in [3.8, 4) is 0 Å². The number of carboxylic acid groups (broad SMARTS) is 1. The van der Waals surface area contributed by atoms with E-state index in [4.69, 9.17) is 10.2 Å². The molecule has 0 bridgehead atoms. The molecule has 1 saturated heterocycles. The zero-order valence-corrected chi connectivity index (χ0v) is 6.84. The fourth-order valence-corrected chi connectivity index (χ4v) is 1.52. The molecule has 1 rings (SSSR count). The molecule has 1 aliphatic heterocycles. The Labute approximate surface area is 70.2 Å². The molecule has 0 saturated carbocycles. The summed E-state index contributed by atoms with van der Waals surface area (Å²) in [6.45, 7) is 2.54. The number of aliphatic hydroxyl groups excluding tert-OH is 2. The number of hydrogen-bond acceptors (Lipinski definition) is 4. The summed E-state index contributed by atoms with van der Waals surface area (Å²) in [6.07, 6.45) is -2.10. The highest BCUT2D eigenvalue weighted by atomic mass is 16.4. The second kappa shape index (κ2) is 3.38. The van der Waals surface area contributed by atoms with Crippen LogP contribution >= 0.6 is 0 Å². The van der Waals surface area contributed by atoms with Gasteiger partial charge in [0.05, 0.1) is 6.10 Å². The number of β-amino-alcohol motifs (C(OH)–C–C–N with tert-alkyl or cyclic N) is 1. The molecule has 70 valence electrons. The standard InChI is InChI=1S/C7H13NO4/c1-2-8-3-4(9)6(10)5(8)7(11)12/h4-6,9-10H,2-3H2,1H3,(H,11,12). The third kappa shape index (κ3) is 1.43. The Hall–Kier alpha value is -0.650. The maximum absolute atomic E-state index is 10.6. The minimum absolute atomic E-state index is 0.231. The predicted octanol–water partition coefficient (Wildman–Crippen LogP) is -1.50. The normalized spacial score (nSPS) is 37.1. The van der Waals surface area contributed by atoms with Gasteiger partial charge >= 0.3 is 5.97 Å². The SMILES string of the molecule is CCN1CC(O)C(O)C1C(=O)O. The van der Waals surface area contributed by atoms with Crippen LogP contribution in [0.3, 0.4) is 0 Å². The first kappa shape index (κ1) is 9.44. The molecule has 1 fully saturated rings. The minimum atomic E-state index is -1.16.